The summed E-state index contributed by atoms with van der Waals surface area (Å²) in [5, 5.41) is 0. The lowest BCUT2D eigenvalue weighted by Gasteiger charge is -2.22. The van der Waals surface area contributed by atoms with E-state index in [0.717, 1.165) is 25.0 Å². The van der Waals surface area contributed by atoms with Crippen LogP contribution in [0.15, 0.2) is 18.2 Å². The Labute approximate surface area is 121 Å². The molecule has 0 atom stereocenters. The molecule has 0 radical (unpaired) electrons. The van der Waals surface area contributed by atoms with E-state index in [9.17, 15) is 13.6 Å². The Balaban J connectivity index is 2.06. The molecule has 108 valence electrons. The van der Waals surface area contributed by atoms with Gasteiger partial charge >= 0.3 is 0 Å². The van der Waals surface area contributed by atoms with Crippen LogP contribution >= 0.6 is 12.2 Å². The van der Waals surface area contributed by atoms with E-state index in [1.54, 1.807) is 4.90 Å². The topological polar surface area (TPSA) is 46.3 Å². The van der Waals surface area contributed by atoms with Crippen molar-refractivity contribution in [1.29, 1.82) is 0 Å². The van der Waals surface area contributed by atoms with Gasteiger partial charge in [0.2, 0.25) is 5.91 Å². The van der Waals surface area contributed by atoms with Gasteiger partial charge in [0.25, 0.3) is 0 Å². The number of thiocarbonyl (C=S) groups is 1. The van der Waals surface area contributed by atoms with Crippen molar-refractivity contribution in [2.24, 2.45) is 5.73 Å². The smallest absolute Gasteiger partial charge is 0.227 e. The van der Waals surface area contributed by atoms with Gasteiger partial charge in [0, 0.05) is 24.6 Å². The summed E-state index contributed by atoms with van der Waals surface area (Å²) < 4.78 is 27.1. The second kappa shape index (κ2) is 6.26. The number of benzene rings is 1. The van der Waals surface area contributed by atoms with Crippen LogP contribution in [0.2, 0.25) is 0 Å². The normalized spacial score (nSPS) is 14.1. The van der Waals surface area contributed by atoms with Crippen LogP contribution in [0.1, 0.15) is 24.8 Å². The monoisotopic (exact) mass is 298 g/mol. The number of carbonyl (C=O) groups excluding carboxylic acids is 1. The average Bonchev–Trinajstić information content (AvgIpc) is 3.18. The fourth-order valence-corrected chi connectivity index (χ4v) is 2.17. The molecule has 1 aliphatic rings. The molecule has 1 aliphatic carbocycles. The van der Waals surface area contributed by atoms with Gasteiger partial charge in [0.15, 0.2) is 0 Å². The Kier molecular flexibility index (Phi) is 4.65. The molecule has 20 heavy (non-hydrogen) atoms. The van der Waals surface area contributed by atoms with Crippen molar-refractivity contribution in [2.45, 2.75) is 31.7 Å². The number of carbonyl (C=O) groups is 1. The summed E-state index contributed by atoms with van der Waals surface area (Å²) in [6, 6.07) is 3.75. The Morgan fingerprint density at radius 1 is 1.35 bits per heavy atom. The highest BCUT2D eigenvalue weighted by molar-refractivity contribution is 7.80. The number of nitrogens with zero attached hydrogens (tertiary/aromatic N) is 1. The van der Waals surface area contributed by atoms with Crippen LogP contribution < -0.4 is 5.73 Å². The van der Waals surface area contributed by atoms with E-state index >= 15 is 0 Å². The lowest BCUT2D eigenvalue weighted by molar-refractivity contribution is -0.131. The number of nitrogens with two attached hydrogens (primary N) is 1. The second-order valence-corrected chi connectivity index (χ2v) is 5.44. The SMILES string of the molecule is NC(=S)CCN(C(=O)Cc1c(F)cccc1F)C1CC1. The molecule has 1 aromatic rings. The molecule has 6 heteroatoms. The average molecular weight is 298 g/mol. The highest BCUT2D eigenvalue weighted by atomic mass is 32.1. The zero-order valence-corrected chi connectivity index (χ0v) is 11.8. The van der Waals surface area contributed by atoms with Crippen LogP contribution in [0, 0.1) is 11.6 Å². The first-order valence-corrected chi connectivity index (χ1v) is 6.90. The molecule has 1 saturated carbocycles. The molecular formula is C14H16F2N2OS. The third-order valence-corrected chi connectivity index (χ3v) is 3.50. The fraction of sp³-hybridized carbons (Fsp3) is 0.429. The van der Waals surface area contributed by atoms with Gasteiger partial charge in [-0.25, -0.2) is 8.78 Å². The van der Waals surface area contributed by atoms with Crippen molar-refractivity contribution in [3.8, 4) is 0 Å². The van der Waals surface area contributed by atoms with Gasteiger partial charge in [0.05, 0.1) is 11.4 Å². The van der Waals surface area contributed by atoms with Crippen molar-refractivity contribution in [2.75, 3.05) is 6.54 Å². The molecule has 1 amide bonds. The number of rotatable bonds is 6. The van der Waals surface area contributed by atoms with Crippen molar-refractivity contribution in [3.63, 3.8) is 0 Å². The molecule has 3 nitrogen and oxygen atoms in total. The van der Waals surface area contributed by atoms with Crippen molar-refractivity contribution < 1.29 is 13.6 Å². The predicted molar refractivity (Wildman–Crippen MR) is 76.2 cm³/mol. The fourth-order valence-electron chi connectivity index (χ4n) is 2.08. The number of hydrogen-bond donors (Lipinski definition) is 1. The zero-order chi connectivity index (χ0) is 14.7. The molecule has 2 N–H and O–H groups in total. The van der Waals surface area contributed by atoms with Crippen molar-refractivity contribution in [1.82, 2.24) is 4.90 Å². The lowest BCUT2D eigenvalue weighted by atomic mass is 10.1. The quantitative estimate of drug-likeness (QED) is 0.819. The first-order chi connectivity index (χ1) is 9.49. The van der Waals surface area contributed by atoms with Gasteiger partial charge in [-0.05, 0) is 25.0 Å². The van der Waals surface area contributed by atoms with Crippen molar-refractivity contribution in [3.05, 3.63) is 35.4 Å². The summed E-state index contributed by atoms with van der Waals surface area (Å²) in [4.78, 5) is 14.2. The van der Waals surface area contributed by atoms with Gasteiger partial charge < -0.3 is 10.6 Å². The summed E-state index contributed by atoms with van der Waals surface area (Å²) in [6.45, 7) is 0.412. The van der Waals surface area contributed by atoms with Gasteiger partial charge in [-0.3, -0.25) is 4.79 Å². The third kappa shape index (κ3) is 3.72. The van der Waals surface area contributed by atoms with Gasteiger partial charge in [0.1, 0.15) is 11.6 Å². The highest BCUT2D eigenvalue weighted by Crippen LogP contribution is 2.28. The number of amides is 1. The summed E-state index contributed by atoms with van der Waals surface area (Å²) in [5.41, 5.74) is 5.25. The highest BCUT2D eigenvalue weighted by Gasteiger charge is 2.32. The largest absolute Gasteiger partial charge is 0.393 e. The molecule has 1 fully saturated rings. The molecule has 1 aromatic carbocycles. The van der Waals surface area contributed by atoms with Gasteiger partial charge in [-0.15, -0.1) is 0 Å². The third-order valence-electron chi connectivity index (χ3n) is 3.30. The standard InChI is InChI=1S/C14H16F2N2OS/c15-11-2-1-3-12(16)10(11)8-14(19)18(9-4-5-9)7-6-13(17)20/h1-3,9H,4-8H2,(H2,17,20). The number of hydrogen-bond acceptors (Lipinski definition) is 2. The lowest BCUT2D eigenvalue weighted by Crippen LogP contribution is -2.37. The van der Waals surface area contributed by atoms with Crippen molar-refractivity contribution >= 4 is 23.1 Å². The van der Waals surface area contributed by atoms with E-state index in [2.05, 4.69) is 0 Å². The maximum absolute atomic E-state index is 13.6. The van der Waals surface area contributed by atoms with E-state index in [-0.39, 0.29) is 23.9 Å². The maximum Gasteiger partial charge on any atom is 0.227 e. The maximum atomic E-state index is 13.6. The van der Waals surface area contributed by atoms with E-state index < -0.39 is 11.6 Å². The Morgan fingerprint density at radius 2 is 1.95 bits per heavy atom. The molecule has 0 aromatic heterocycles. The van der Waals surface area contributed by atoms with E-state index in [1.807, 2.05) is 0 Å². The molecular weight excluding hydrogens is 282 g/mol. The molecule has 0 heterocycles. The summed E-state index contributed by atoms with van der Waals surface area (Å²) in [5.74, 6) is -1.67. The zero-order valence-electron chi connectivity index (χ0n) is 10.9. The summed E-state index contributed by atoms with van der Waals surface area (Å²) in [6.07, 6.45) is 2.00. The van der Waals surface area contributed by atoms with E-state index in [0.29, 0.717) is 18.0 Å². The van der Waals surface area contributed by atoms with Crippen LogP contribution in [0.5, 0.6) is 0 Å². The van der Waals surface area contributed by atoms with Crippen LogP contribution in [0.25, 0.3) is 0 Å². The van der Waals surface area contributed by atoms with E-state index in [1.165, 1.54) is 6.07 Å². The van der Waals surface area contributed by atoms with Crippen LogP contribution in [0.3, 0.4) is 0 Å². The Hall–Kier alpha value is -1.56. The van der Waals surface area contributed by atoms with Crippen LogP contribution in [-0.2, 0) is 11.2 Å². The summed E-state index contributed by atoms with van der Waals surface area (Å²) >= 11 is 4.80. The predicted octanol–water partition coefficient (Wildman–Crippen LogP) is 2.17. The first-order valence-electron chi connectivity index (χ1n) is 6.49. The first kappa shape index (κ1) is 14.8. The van der Waals surface area contributed by atoms with Gasteiger partial charge in [-0.1, -0.05) is 18.3 Å². The minimum Gasteiger partial charge on any atom is -0.393 e. The van der Waals surface area contributed by atoms with Crippen LogP contribution in [-0.4, -0.2) is 28.4 Å². The molecule has 2 rings (SSSR count). The Bertz CT molecular complexity index is 512. The number of halogens is 2. The molecule has 0 unspecified atom stereocenters. The second-order valence-electron chi connectivity index (χ2n) is 4.91. The Morgan fingerprint density at radius 3 is 2.45 bits per heavy atom. The molecule has 0 bridgehead atoms. The molecule has 0 spiro atoms. The molecule has 0 aliphatic heterocycles. The minimum atomic E-state index is -0.691. The molecule has 0 saturated heterocycles. The van der Waals surface area contributed by atoms with Gasteiger partial charge in [-0.2, -0.15) is 0 Å². The van der Waals surface area contributed by atoms with E-state index in [4.69, 9.17) is 18.0 Å². The summed E-state index contributed by atoms with van der Waals surface area (Å²) in [7, 11) is 0. The minimum absolute atomic E-state index is 0.159. The van der Waals surface area contributed by atoms with Crippen LogP contribution in [0.4, 0.5) is 8.78 Å².